The first-order chi connectivity index (χ1) is 8.31. The average molecular weight is 236 g/mol. The molecule has 0 amide bonds. The number of terminal acetylenes is 1. The predicted molar refractivity (Wildman–Crippen MR) is 74.7 cm³/mol. The van der Waals surface area contributed by atoms with E-state index in [1.807, 2.05) is 0 Å². The minimum absolute atomic E-state index is 0.205. The summed E-state index contributed by atoms with van der Waals surface area (Å²) < 4.78 is 0. The number of hydrogen-bond acceptors (Lipinski definition) is 2. The van der Waals surface area contributed by atoms with E-state index in [0.717, 1.165) is 18.8 Å². The van der Waals surface area contributed by atoms with E-state index in [-0.39, 0.29) is 6.04 Å². The van der Waals surface area contributed by atoms with E-state index in [9.17, 15) is 0 Å². The Balaban J connectivity index is 2.47. The van der Waals surface area contributed by atoms with Gasteiger partial charge in [0.2, 0.25) is 0 Å². The van der Waals surface area contributed by atoms with Gasteiger partial charge in [0.05, 0.1) is 6.04 Å². The van der Waals surface area contributed by atoms with Crippen LogP contribution in [-0.2, 0) is 0 Å². The minimum Gasteiger partial charge on any atom is -0.329 e. The molecule has 0 saturated heterocycles. The van der Waals surface area contributed by atoms with Gasteiger partial charge in [-0.15, -0.1) is 6.42 Å². The Kier molecular flexibility index (Phi) is 7.32. The van der Waals surface area contributed by atoms with Gasteiger partial charge in [-0.3, -0.25) is 5.32 Å². The quantitative estimate of drug-likeness (QED) is 0.549. The molecule has 0 aromatic rings. The highest BCUT2D eigenvalue weighted by atomic mass is 15.0. The van der Waals surface area contributed by atoms with Crippen LogP contribution >= 0.6 is 0 Å². The van der Waals surface area contributed by atoms with E-state index in [1.165, 1.54) is 38.5 Å². The van der Waals surface area contributed by atoms with E-state index in [4.69, 9.17) is 12.2 Å². The first-order valence-electron chi connectivity index (χ1n) is 7.24. The van der Waals surface area contributed by atoms with Crippen molar-refractivity contribution < 1.29 is 0 Å². The molecule has 0 radical (unpaired) electrons. The van der Waals surface area contributed by atoms with Crippen molar-refractivity contribution in [3.05, 3.63) is 0 Å². The van der Waals surface area contributed by atoms with E-state index in [1.54, 1.807) is 0 Å². The Morgan fingerprint density at radius 3 is 2.41 bits per heavy atom. The predicted octanol–water partition coefficient (Wildman–Crippen LogP) is 2.68. The van der Waals surface area contributed by atoms with Crippen molar-refractivity contribution in [1.29, 1.82) is 0 Å². The molecular weight excluding hydrogens is 208 g/mol. The Bertz CT molecular complexity index is 224. The van der Waals surface area contributed by atoms with E-state index in [0.29, 0.717) is 12.6 Å². The van der Waals surface area contributed by atoms with E-state index >= 15 is 0 Å². The smallest absolute Gasteiger partial charge is 0.0689 e. The molecule has 2 atom stereocenters. The maximum absolute atomic E-state index is 5.92. The molecule has 1 aliphatic rings. The molecule has 0 spiro atoms. The molecule has 3 N–H and O–H groups in total. The van der Waals surface area contributed by atoms with Gasteiger partial charge in [0.25, 0.3) is 0 Å². The normalized spacial score (nSPS) is 21.5. The highest BCUT2D eigenvalue weighted by molar-refractivity contribution is 5.00. The number of rotatable bonds is 6. The molecule has 2 nitrogen and oxygen atoms in total. The lowest BCUT2D eigenvalue weighted by molar-refractivity contribution is 0.308. The second kappa shape index (κ2) is 8.55. The van der Waals surface area contributed by atoms with Gasteiger partial charge in [-0.05, 0) is 25.2 Å². The third-order valence-electron chi connectivity index (χ3n) is 3.92. The topological polar surface area (TPSA) is 38.0 Å². The van der Waals surface area contributed by atoms with Crippen LogP contribution in [0, 0.1) is 18.3 Å². The molecule has 0 aromatic carbocycles. The van der Waals surface area contributed by atoms with Crippen LogP contribution in [0.15, 0.2) is 0 Å². The summed E-state index contributed by atoms with van der Waals surface area (Å²) >= 11 is 0. The fraction of sp³-hybridized carbons (Fsp3) is 0.867. The summed E-state index contributed by atoms with van der Waals surface area (Å²) in [7, 11) is 0. The fourth-order valence-corrected chi connectivity index (χ4v) is 2.87. The maximum atomic E-state index is 5.92. The standard InChI is InChI=1S/C15H28N2/c1-3-9-14(4-2)17-15(12-16)13-10-7-5-6-8-11-13/h2,13-15,17H,3,5-12,16H2,1H3. The van der Waals surface area contributed by atoms with Crippen LogP contribution in [0.2, 0.25) is 0 Å². The van der Waals surface area contributed by atoms with Crippen molar-refractivity contribution in [2.45, 2.75) is 70.4 Å². The van der Waals surface area contributed by atoms with Gasteiger partial charge in [-0.2, -0.15) is 0 Å². The van der Waals surface area contributed by atoms with Crippen molar-refractivity contribution in [2.75, 3.05) is 6.54 Å². The molecule has 2 heteroatoms. The SMILES string of the molecule is C#CC(CCC)NC(CN)C1CCCCCC1. The van der Waals surface area contributed by atoms with E-state index in [2.05, 4.69) is 18.2 Å². The van der Waals surface area contributed by atoms with Crippen molar-refractivity contribution in [3.8, 4) is 12.3 Å². The largest absolute Gasteiger partial charge is 0.329 e. The highest BCUT2D eigenvalue weighted by Gasteiger charge is 2.23. The molecule has 0 aromatic heterocycles. The zero-order valence-electron chi connectivity index (χ0n) is 11.3. The minimum atomic E-state index is 0.205. The summed E-state index contributed by atoms with van der Waals surface area (Å²) in [5.74, 6) is 3.59. The number of nitrogens with two attached hydrogens (primary N) is 1. The van der Waals surface area contributed by atoms with Crippen LogP contribution in [0.5, 0.6) is 0 Å². The van der Waals surface area contributed by atoms with Gasteiger partial charge in [0.15, 0.2) is 0 Å². The molecule has 0 bridgehead atoms. The summed E-state index contributed by atoms with van der Waals surface area (Å²) in [5.41, 5.74) is 5.92. The van der Waals surface area contributed by atoms with Gasteiger partial charge in [-0.25, -0.2) is 0 Å². The molecule has 1 saturated carbocycles. The fourth-order valence-electron chi connectivity index (χ4n) is 2.87. The summed E-state index contributed by atoms with van der Waals surface area (Å²) in [5, 5.41) is 3.59. The molecule has 0 aliphatic heterocycles. The first-order valence-corrected chi connectivity index (χ1v) is 7.24. The summed E-state index contributed by atoms with van der Waals surface area (Å²) in [6.07, 6.45) is 15.9. The molecule has 1 rings (SSSR count). The Morgan fingerprint density at radius 2 is 1.94 bits per heavy atom. The Morgan fingerprint density at radius 1 is 1.29 bits per heavy atom. The van der Waals surface area contributed by atoms with Crippen LogP contribution < -0.4 is 11.1 Å². The second-order valence-electron chi connectivity index (χ2n) is 5.27. The molecule has 1 fully saturated rings. The Labute approximate surface area is 107 Å². The van der Waals surface area contributed by atoms with Gasteiger partial charge >= 0.3 is 0 Å². The Hall–Kier alpha value is -0.520. The van der Waals surface area contributed by atoms with E-state index < -0.39 is 0 Å². The third-order valence-corrected chi connectivity index (χ3v) is 3.92. The highest BCUT2D eigenvalue weighted by Crippen LogP contribution is 2.25. The summed E-state index contributed by atoms with van der Waals surface area (Å²) in [6.45, 7) is 2.89. The maximum Gasteiger partial charge on any atom is 0.0689 e. The van der Waals surface area contributed by atoms with Crippen LogP contribution in [-0.4, -0.2) is 18.6 Å². The lowest BCUT2D eigenvalue weighted by Gasteiger charge is -2.28. The molecule has 2 unspecified atom stereocenters. The molecule has 1 aliphatic carbocycles. The van der Waals surface area contributed by atoms with Gasteiger partial charge in [-0.1, -0.05) is 44.9 Å². The third kappa shape index (κ3) is 5.10. The number of hydrogen-bond donors (Lipinski definition) is 2. The van der Waals surface area contributed by atoms with Gasteiger partial charge in [0, 0.05) is 12.6 Å². The molecule has 0 heterocycles. The summed E-state index contributed by atoms with van der Waals surface area (Å²) in [4.78, 5) is 0. The van der Waals surface area contributed by atoms with Crippen molar-refractivity contribution in [2.24, 2.45) is 11.7 Å². The first kappa shape index (κ1) is 14.5. The zero-order valence-corrected chi connectivity index (χ0v) is 11.3. The molecule has 98 valence electrons. The van der Waals surface area contributed by atoms with Gasteiger partial charge in [0.1, 0.15) is 0 Å². The molecular formula is C15H28N2. The van der Waals surface area contributed by atoms with Crippen LogP contribution in [0.25, 0.3) is 0 Å². The average Bonchev–Trinajstić information content (AvgIpc) is 2.63. The van der Waals surface area contributed by atoms with Crippen molar-refractivity contribution in [1.82, 2.24) is 5.32 Å². The lowest BCUT2D eigenvalue weighted by Crippen LogP contribution is -2.46. The second-order valence-corrected chi connectivity index (χ2v) is 5.27. The summed E-state index contributed by atoms with van der Waals surface area (Å²) in [6, 6.07) is 0.623. The van der Waals surface area contributed by atoms with Crippen molar-refractivity contribution >= 4 is 0 Å². The molecule has 17 heavy (non-hydrogen) atoms. The van der Waals surface area contributed by atoms with Gasteiger partial charge < -0.3 is 5.73 Å². The van der Waals surface area contributed by atoms with Crippen LogP contribution in [0.4, 0.5) is 0 Å². The lowest BCUT2D eigenvalue weighted by atomic mass is 9.91. The van der Waals surface area contributed by atoms with Crippen LogP contribution in [0.3, 0.4) is 0 Å². The zero-order chi connectivity index (χ0) is 12.5. The monoisotopic (exact) mass is 236 g/mol. The number of nitrogens with one attached hydrogen (secondary N) is 1. The van der Waals surface area contributed by atoms with Crippen molar-refractivity contribution in [3.63, 3.8) is 0 Å². The van der Waals surface area contributed by atoms with Crippen LogP contribution in [0.1, 0.15) is 58.3 Å².